The number of nitrogens with one attached hydrogen (secondary N) is 1. The van der Waals surface area contributed by atoms with Gasteiger partial charge in [-0.3, -0.25) is 4.79 Å². The van der Waals surface area contributed by atoms with Gasteiger partial charge in [-0.15, -0.1) is 11.3 Å². The van der Waals surface area contributed by atoms with E-state index in [0.29, 0.717) is 18.3 Å². The molecule has 0 saturated heterocycles. The Morgan fingerprint density at radius 2 is 2.18 bits per heavy atom. The maximum absolute atomic E-state index is 12.2. The van der Waals surface area contributed by atoms with Gasteiger partial charge in [-0.1, -0.05) is 34.1 Å². The molecule has 2 aromatic heterocycles. The van der Waals surface area contributed by atoms with Crippen molar-refractivity contribution in [3.63, 3.8) is 0 Å². The normalized spacial score (nSPS) is 13.3. The zero-order valence-electron chi connectivity index (χ0n) is 15.2. The highest BCUT2D eigenvalue weighted by molar-refractivity contribution is 9.10. The summed E-state index contributed by atoms with van der Waals surface area (Å²) in [7, 11) is 0. The number of ether oxygens (including phenoxy) is 1. The topological polar surface area (TPSA) is 64.1 Å². The van der Waals surface area contributed by atoms with E-state index >= 15 is 0 Å². The summed E-state index contributed by atoms with van der Waals surface area (Å²) in [5, 5.41) is 5.77. The highest BCUT2D eigenvalue weighted by atomic mass is 79.9. The summed E-state index contributed by atoms with van der Waals surface area (Å²) in [5.74, 6) is 1.29. The van der Waals surface area contributed by atoms with Crippen molar-refractivity contribution >= 4 is 33.2 Å². The Bertz CT molecular complexity index is 954. The predicted octanol–water partition coefficient (Wildman–Crippen LogP) is 4.62. The van der Waals surface area contributed by atoms with E-state index in [1.807, 2.05) is 41.8 Å². The molecule has 0 aliphatic heterocycles. The van der Waals surface area contributed by atoms with Crippen LogP contribution in [0.4, 0.5) is 0 Å². The maximum atomic E-state index is 12.2. The first-order valence-corrected chi connectivity index (χ1v) is 10.9. The van der Waals surface area contributed by atoms with E-state index in [1.54, 1.807) is 17.5 Å². The number of carbonyl (C=O) groups is 1. The first kappa shape index (κ1) is 19.1. The number of hydrogen-bond acceptors (Lipinski definition) is 5. The van der Waals surface area contributed by atoms with Gasteiger partial charge < -0.3 is 10.1 Å². The minimum atomic E-state index is -0.0554. The number of nitrogens with zero attached hydrogens (tertiary/aromatic N) is 2. The molecule has 1 N–H and O–H groups in total. The second kappa shape index (κ2) is 8.84. The van der Waals surface area contributed by atoms with Crippen molar-refractivity contribution in [2.45, 2.75) is 25.8 Å². The Morgan fingerprint density at radius 1 is 1.29 bits per heavy atom. The summed E-state index contributed by atoms with van der Waals surface area (Å²) in [6, 6.07) is 11.8. The van der Waals surface area contributed by atoms with Crippen molar-refractivity contribution < 1.29 is 9.53 Å². The van der Waals surface area contributed by atoms with Gasteiger partial charge >= 0.3 is 0 Å². The number of thiazole rings is 1. The minimum Gasteiger partial charge on any atom is -0.477 e. The summed E-state index contributed by atoms with van der Waals surface area (Å²) < 4.78 is 6.64. The van der Waals surface area contributed by atoms with Crippen LogP contribution in [0.25, 0.3) is 10.6 Å². The Morgan fingerprint density at radius 3 is 2.93 bits per heavy atom. The lowest BCUT2D eigenvalue weighted by molar-refractivity contribution is -0.120. The van der Waals surface area contributed by atoms with Gasteiger partial charge in [0, 0.05) is 34.2 Å². The van der Waals surface area contributed by atoms with Crippen LogP contribution in [-0.2, 0) is 17.8 Å². The molecule has 4 rings (SSSR count). The summed E-state index contributed by atoms with van der Waals surface area (Å²) in [6.45, 7) is 1.19. The van der Waals surface area contributed by atoms with Gasteiger partial charge in [0.1, 0.15) is 5.01 Å². The SMILES string of the molecule is O=C(Cc1csc(-c2cccc(Br)c2)n1)NCc1ccc(OCC2CC2)nc1. The molecule has 0 bridgehead atoms. The van der Waals surface area contributed by atoms with Crippen LogP contribution in [0.3, 0.4) is 0 Å². The number of aromatic nitrogens is 2. The number of amides is 1. The highest BCUT2D eigenvalue weighted by Crippen LogP contribution is 2.29. The van der Waals surface area contributed by atoms with Gasteiger partial charge in [0.15, 0.2) is 0 Å². The quantitative estimate of drug-likeness (QED) is 0.535. The fourth-order valence-electron chi connectivity index (χ4n) is 2.66. The third-order valence-corrected chi connectivity index (χ3v) is 5.85. The number of hydrogen-bond donors (Lipinski definition) is 1. The third kappa shape index (κ3) is 5.39. The lowest BCUT2D eigenvalue weighted by Crippen LogP contribution is -2.24. The van der Waals surface area contributed by atoms with Crippen LogP contribution in [0.1, 0.15) is 24.1 Å². The Balaban J connectivity index is 1.26. The Hall–Kier alpha value is -2.25. The maximum Gasteiger partial charge on any atom is 0.226 e. The van der Waals surface area contributed by atoms with E-state index < -0.39 is 0 Å². The molecule has 7 heteroatoms. The van der Waals surface area contributed by atoms with Gasteiger partial charge in [0.05, 0.1) is 18.7 Å². The molecular formula is C21H20BrN3O2S. The lowest BCUT2D eigenvalue weighted by Gasteiger charge is -2.06. The van der Waals surface area contributed by atoms with Gasteiger partial charge in [-0.05, 0) is 36.5 Å². The molecule has 0 atom stereocenters. The second-order valence-corrected chi connectivity index (χ2v) is 8.64. The summed E-state index contributed by atoms with van der Waals surface area (Å²) >= 11 is 5.02. The van der Waals surface area contributed by atoms with E-state index in [4.69, 9.17) is 4.74 Å². The molecule has 1 amide bonds. The molecule has 0 spiro atoms. The number of benzene rings is 1. The van der Waals surface area contributed by atoms with Crippen LogP contribution in [0.2, 0.25) is 0 Å². The summed E-state index contributed by atoms with van der Waals surface area (Å²) in [4.78, 5) is 21.1. The molecule has 1 aromatic carbocycles. The average molecular weight is 458 g/mol. The molecule has 1 fully saturated rings. The molecule has 1 aliphatic carbocycles. The fraction of sp³-hybridized carbons (Fsp3) is 0.286. The van der Waals surface area contributed by atoms with Gasteiger partial charge in [-0.25, -0.2) is 9.97 Å². The zero-order valence-corrected chi connectivity index (χ0v) is 17.6. The average Bonchev–Trinajstić information content (AvgIpc) is 3.42. The second-order valence-electron chi connectivity index (χ2n) is 6.87. The molecule has 144 valence electrons. The van der Waals surface area contributed by atoms with E-state index in [-0.39, 0.29) is 12.3 Å². The largest absolute Gasteiger partial charge is 0.477 e. The van der Waals surface area contributed by atoms with Crippen molar-refractivity contribution in [1.29, 1.82) is 0 Å². The van der Waals surface area contributed by atoms with Crippen LogP contribution in [0.5, 0.6) is 5.88 Å². The summed E-state index contributed by atoms with van der Waals surface area (Å²) in [5.41, 5.74) is 2.76. The van der Waals surface area contributed by atoms with Crippen molar-refractivity contribution in [3.05, 3.63) is 63.7 Å². The third-order valence-electron chi connectivity index (χ3n) is 4.42. The Labute approximate surface area is 176 Å². The first-order valence-electron chi connectivity index (χ1n) is 9.20. The van der Waals surface area contributed by atoms with Gasteiger partial charge in [0.25, 0.3) is 0 Å². The predicted molar refractivity (Wildman–Crippen MR) is 113 cm³/mol. The van der Waals surface area contributed by atoms with E-state index in [1.165, 1.54) is 12.8 Å². The lowest BCUT2D eigenvalue weighted by atomic mass is 10.2. The zero-order chi connectivity index (χ0) is 19.3. The number of rotatable bonds is 8. The molecule has 2 heterocycles. The Kier molecular flexibility index (Phi) is 6.02. The van der Waals surface area contributed by atoms with Crippen LogP contribution in [0.15, 0.2) is 52.4 Å². The highest BCUT2D eigenvalue weighted by Gasteiger charge is 2.22. The molecule has 5 nitrogen and oxygen atoms in total. The van der Waals surface area contributed by atoms with Crippen molar-refractivity contribution in [2.75, 3.05) is 6.61 Å². The number of carbonyl (C=O) groups excluding carboxylic acids is 1. The standard InChI is InChI=1S/C21H20BrN3O2S/c22-17-3-1-2-16(8-17)21-25-18(13-28-21)9-19(26)23-10-15-6-7-20(24-11-15)27-12-14-4-5-14/h1-3,6-8,11,13-14H,4-5,9-10,12H2,(H,23,26). The van der Waals surface area contributed by atoms with Crippen LogP contribution in [-0.4, -0.2) is 22.5 Å². The molecule has 28 heavy (non-hydrogen) atoms. The first-order chi connectivity index (χ1) is 13.7. The fourth-order valence-corrected chi connectivity index (χ4v) is 3.87. The molecular weight excluding hydrogens is 438 g/mol. The molecule has 0 unspecified atom stereocenters. The molecule has 1 aliphatic rings. The van der Waals surface area contributed by atoms with Gasteiger partial charge in [-0.2, -0.15) is 0 Å². The van der Waals surface area contributed by atoms with Gasteiger partial charge in [0.2, 0.25) is 11.8 Å². The number of halogens is 1. The van der Waals surface area contributed by atoms with Crippen molar-refractivity contribution in [2.24, 2.45) is 5.92 Å². The van der Waals surface area contributed by atoms with E-state index in [9.17, 15) is 4.79 Å². The monoisotopic (exact) mass is 457 g/mol. The molecule has 0 radical (unpaired) electrons. The van der Waals surface area contributed by atoms with Crippen LogP contribution < -0.4 is 10.1 Å². The smallest absolute Gasteiger partial charge is 0.226 e. The van der Waals surface area contributed by atoms with Crippen molar-refractivity contribution in [3.8, 4) is 16.5 Å². The minimum absolute atomic E-state index is 0.0554. The van der Waals surface area contributed by atoms with E-state index in [0.717, 1.165) is 32.9 Å². The van der Waals surface area contributed by atoms with E-state index in [2.05, 4.69) is 31.2 Å². The van der Waals surface area contributed by atoms with Crippen molar-refractivity contribution in [1.82, 2.24) is 15.3 Å². The van der Waals surface area contributed by atoms with Crippen LogP contribution >= 0.6 is 27.3 Å². The number of pyridine rings is 1. The summed E-state index contributed by atoms with van der Waals surface area (Å²) in [6.07, 6.45) is 4.53. The van der Waals surface area contributed by atoms with Crippen LogP contribution in [0, 0.1) is 5.92 Å². The molecule has 1 saturated carbocycles. The molecule has 3 aromatic rings.